The van der Waals surface area contributed by atoms with Gasteiger partial charge >= 0.3 is 5.97 Å². The molecule has 0 aromatic heterocycles. The highest BCUT2D eigenvalue weighted by molar-refractivity contribution is 6.32. The zero-order valence-electron chi connectivity index (χ0n) is 11.0. The third-order valence-corrected chi connectivity index (χ3v) is 2.70. The normalized spacial score (nSPS) is 11.1. The van der Waals surface area contributed by atoms with Gasteiger partial charge in [0.15, 0.2) is 0 Å². The van der Waals surface area contributed by atoms with E-state index in [0.29, 0.717) is 34.3 Å². The van der Waals surface area contributed by atoms with Crippen LogP contribution in [-0.4, -0.2) is 31.8 Å². The summed E-state index contributed by atoms with van der Waals surface area (Å²) in [5, 5.41) is 12.2. The van der Waals surface area contributed by atoms with Crippen LogP contribution in [0.3, 0.4) is 0 Å². The monoisotopic (exact) mass is 285 g/mol. The van der Waals surface area contributed by atoms with Gasteiger partial charge in [-0.25, -0.2) is 4.79 Å². The predicted molar refractivity (Wildman–Crippen MR) is 74.4 cm³/mol. The molecule has 19 heavy (non-hydrogen) atoms. The van der Waals surface area contributed by atoms with Crippen LogP contribution in [0, 0.1) is 0 Å². The second-order valence-corrected chi connectivity index (χ2v) is 4.28. The molecule has 0 fully saturated rings. The predicted octanol–water partition coefficient (Wildman–Crippen LogP) is 2.80. The summed E-state index contributed by atoms with van der Waals surface area (Å²) >= 11 is 5.99. The zero-order chi connectivity index (χ0) is 14.4. The molecular formula is C13H16ClNO4. The van der Waals surface area contributed by atoms with Gasteiger partial charge in [0.1, 0.15) is 11.5 Å². The van der Waals surface area contributed by atoms with Gasteiger partial charge in [-0.05, 0) is 12.5 Å². The zero-order valence-corrected chi connectivity index (χ0v) is 11.7. The SMILES string of the molecule is COc1cc(NC/C(C)=C/C(=O)O)c(OC)cc1Cl. The molecule has 0 aliphatic rings. The Morgan fingerprint density at radius 3 is 2.53 bits per heavy atom. The van der Waals surface area contributed by atoms with Gasteiger partial charge in [0.05, 0.1) is 24.9 Å². The van der Waals surface area contributed by atoms with E-state index in [1.165, 1.54) is 14.2 Å². The number of ether oxygens (including phenoxy) is 2. The van der Waals surface area contributed by atoms with Crippen LogP contribution < -0.4 is 14.8 Å². The first kappa shape index (κ1) is 15.2. The lowest BCUT2D eigenvalue weighted by molar-refractivity contribution is -0.131. The number of hydrogen-bond donors (Lipinski definition) is 2. The number of carboxylic acids is 1. The summed E-state index contributed by atoms with van der Waals surface area (Å²) in [7, 11) is 3.05. The van der Waals surface area contributed by atoms with Crippen molar-refractivity contribution in [2.75, 3.05) is 26.1 Å². The average Bonchev–Trinajstić information content (AvgIpc) is 2.35. The Kier molecular flexibility index (Phi) is 5.51. The number of halogens is 1. The number of methoxy groups -OCH3 is 2. The van der Waals surface area contributed by atoms with E-state index in [0.717, 1.165) is 6.08 Å². The molecular weight excluding hydrogens is 270 g/mol. The first-order valence-corrected chi connectivity index (χ1v) is 5.91. The van der Waals surface area contributed by atoms with Crippen molar-refractivity contribution in [2.24, 2.45) is 0 Å². The second kappa shape index (κ2) is 6.89. The van der Waals surface area contributed by atoms with Crippen LogP contribution in [0.15, 0.2) is 23.8 Å². The highest BCUT2D eigenvalue weighted by Crippen LogP contribution is 2.35. The molecule has 0 saturated carbocycles. The molecule has 0 heterocycles. The largest absolute Gasteiger partial charge is 0.495 e. The van der Waals surface area contributed by atoms with Crippen LogP contribution in [0.4, 0.5) is 5.69 Å². The van der Waals surface area contributed by atoms with Crippen molar-refractivity contribution in [3.63, 3.8) is 0 Å². The van der Waals surface area contributed by atoms with E-state index in [2.05, 4.69) is 5.32 Å². The van der Waals surface area contributed by atoms with Crippen molar-refractivity contribution >= 4 is 23.3 Å². The highest BCUT2D eigenvalue weighted by atomic mass is 35.5. The van der Waals surface area contributed by atoms with E-state index in [9.17, 15) is 4.79 Å². The first-order chi connectivity index (χ1) is 8.97. The summed E-state index contributed by atoms with van der Waals surface area (Å²) in [6, 6.07) is 3.34. The fourth-order valence-electron chi connectivity index (χ4n) is 1.50. The fourth-order valence-corrected chi connectivity index (χ4v) is 1.73. The van der Waals surface area contributed by atoms with Crippen LogP contribution in [0.25, 0.3) is 0 Å². The summed E-state index contributed by atoms with van der Waals surface area (Å²) in [5.74, 6) is 0.110. The van der Waals surface area contributed by atoms with Gasteiger partial charge in [-0.15, -0.1) is 0 Å². The number of anilines is 1. The van der Waals surface area contributed by atoms with E-state index >= 15 is 0 Å². The summed E-state index contributed by atoms with van der Waals surface area (Å²) in [5.41, 5.74) is 1.37. The number of hydrogen-bond acceptors (Lipinski definition) is 4. The number of benzene rings is 1. The quantitative estimate of drug-likeness (QED) is 0.787. The van der Waals surface area contributed by atoms with Crippen LogP contribution in [-0.2, 0) is 4.79 Å². The van der Waals surface area contributed by atoms with Crippen molar-refractivity contribution in [2.45, 2.75) is 6.92 Å². The number of carbonyl (C=O) groups is 1. The summed E-state index contributed by atoms with van der Waals surface area (Å²) in [6.45, 7) is 2.11. The van der Waals surface area contributed by atoms with Crippen LogP contribution in [0.5, 0.6) is 11.5 Å². The lowest BCUT2D eigenvalue weighted by Crippen LogP contribution is -2.06. The first-order valence-electron chi connectivity index (χ1n) is 5.53. The molecule has 0 saturated heterocycles. The maximum atomic E-state index is 10.5. The van der Waals surface area contributed by atoms with Crippen LogP contribution >= 0.6 is 11.6 Å². The number of aliphatic carboxylic acids is 1. The maximum absolute atomic E-state index is 10.5. The highest BCUT2D eigenvalue weighted by Gasteiger charge is 2.09. The van der Waals surface area contributed by atoms with Crippen molar-refractivity contribution in [3.8, 4) is 11.5 Å². The Bertz CT molecular complexity index is 500. The van der Waals surface area contributed by atoms with Gasteiger partial charge in [0, 0.05) is 24.8 Å². The Balaban J connectivity index is 2.90. The molecule has 0 aliphatic heterocycles. The standard InChI is InChI=1S/C13H16ClNO4/c1-8(4-13(16)17)7-15-10-6-11(18-2)9(14)5-12(10)19-3/h4-6,15H,7H2,1-3H3,(H,16,17)/b8-4+. The van der Waals surface area contributed by atoms with Gasteiger partial charge in [0.2, 0.25) is 0 Å². The summed E-state index contributed by atoms with van der Waals surface area (Å²) in [6.07, 6.45) is 1.15. The summed E-state index contributed by atoms with van der Waals surface area (Å²) in [4.78, 5) is 10.5. The molecule has 2 N–H and O–H groups in total. The van der Waals surface area contributed by atoms with E-state index in [1.54, 1.807) is 19.1 Å². The molecule has 5 nitrogen and oxygen atoms in total. The van der Waals surface area contributed by atoms with E-state index in [4.69, 9.17) is 26.2 Å². The number of carboxylic acid groups (broad SMARTS) is 1. The molecule has 0 unspecified atom stereocenters. The van der Waals surface area contributed by atoms with Crippen molar-refractivity contribution in [3.05, 3.63) is 28.8 Å². The smallest absolute Gasteiger partial charge is 0.328 e. The summed E-state index contributed by atoms with van der Waals surface area (Å²) < 4.78 is 10.3. The third kappa shape index (κ3) is 4.37. The maximum Gasteiger partial charge on any atom is 0.328 e. The minimum Gasteiger partial charge on any atom is -0.495 e. The molecule has 0 bridgehead atoms. The van der Waals surface area contributed by atoms with Gasteiger partial charge in [-0.1, -0.05) is 11.6 Å². The van der Waals surface area contributed by atoms with E-state index in [-0.39, 0.29) is 0 Å². The minimum atomic E-state index is -0.972. The van der Waals surface area contributed by atoms with Gasteiger partial charge < -0.3 is 19.9 Å². The van der Waals surface area contributed by atoms with Crippen molar-refractivity contribution < 1.29 is 19.4 Å². The molecule has 0 spiro atoms. The van der Waals surface area contributed by atoms with Gasteiger partial charge in [-0.3, -0.25) is 0 Å². The van der Waals surface area contributed by atoms with Crippen LogP contribution in [0.1, 0.15) is 6.92 Å². The lowest BCUT2D eigenvalue weighted by Gasteiger charge is -2.14. The Labute approximate surface area is 116 Å². The Morgan fingerprint density at radius 2 is 2.00 bits per heavy atom. The Hall–Kier alpha value is -1.88. The minimum absolute atomic E-state index is 0.382. The molecule has 0 radical (unpaired) electrons. The van der Waals surface area contributed by atoms with Crippen molar-refractivity contribution in [1.82, 2.24) is 0 Å². The van der Waals surface area contributed by atoms with E-state index < -0.39 is 5.97 Å². The van der Waals surface area contributed by atoms with Gasteiger partial charge in [-0.2, -0.15) is 0 Å². The second-order valence-electron chi connectivity index (χ2n) is 3.87. The topological polar surface area (TPSA) is 67.8 Å². The molecule has 1 rings (SSSR count). The average molecular weight is 286 g/mol. The molecule has 1 aromatic carbocycles. The van der Waals surface area contributed by atoms with Gasteiger partial charge in [0.25, 0.3) is 0 Å². The van der Waals surface area contributed by atoms with Crippen molar-refractivity contribution in [1.29, 1.82) is 0 Å². The molecule has 0 amide bonds. The third-order valence-electron chi connectivity index (χ3n) is 2.40. The number of rotatable bonds is 6. The van der Waals surface area contributed by atoms with E-state index in [1.807, 2.05) is 0 Å². The Morgan fingerprint density at radius 1 is 1.37 bits per heavy atom. The molecule has 1 aromatic rings. The molecule has 6 heteroatoms. The lowest BCUT2D eigenvalue weighted by atomic mass is 10.2. The molecule has 104 valence electrons. The number of nitrogens with one attached hydrogen (secondary N) is 1. The molecule has 0 atom stereocenters. The fraction of sp³-hybridized carbons (Fsp3) is 0.308. The van der Waals surface area contributed by atoms with Crippen LogP contribution in [0.2, 0.25) is 5.02 Å². The molecule has 0 aliphatic carbocycles.